The van der Waals surface area contributed by atoms with Gasteiger partial charge >= 0.3 is 12.1 Å². The van der Waals surface area contributed by atoms with Gasteiger partial charge in [0.15, 0.2) is 11.5 Å². The Kier molecular flexibility index (Phi) is 11.8. The van der Waals surface area contributed by atoms with Gasteiger partial charge in [-0.15, -0.1) is 24.8 Å². The predicted octanol–water partition coefficient (Wildman–Crippen LogP) is 6.29. The number of nitrogens with zero attached hydrogens (tertiary/aromatic N) is 7. The van der Waals surface area contributed by atoms with E-state index < -0.39 is 17.8 Å². The minimum absolute atomic E-state index is 0. The Morgan fingerprint density at radius 2 is 1.82 bits per heavy atom. The second-order valence-electron chi connectivity index (χ2n) is 12.3. The standard InChI is InChI=1S/C32H37F3N8O4.2ClH/c1-4-47-26-13-20(12-24(39-26)32(33,34)35)21-14-23(42(2)17-31(18-46-3)8-5-9-31)27-29(38-21)41-28(40-27)22-15-37-25(16-36-22)43-10-6-19(7-11-43)30(44)45;;/h12-16,19H,4-11,17-18H2,1-3H3,(H,44,45)(H,38,40,41);2*1H. The van der Waals surface area contributed by atoms with E-state index in [0.29, 0.717) is 73.3 Å². The van der Waals surface area contributed by atoms with E-state index in [9.17, 15) is 23.1 Å². The molecule has 0 spiro atoms. The maximum atomic E-state index is 13.8. The number of hydrogen-bond donors (Lipinski definition) is 2. The van der Waals surface area contributed by atoms with E-state index in [4.69, 9.17) is 14.5 Å². The summed E-state index contributed by atoms with van der Waals surface area (Å²) < 4.78 is 52.5. The van der Waals surface area contributed by atoms with Crippen molar-refractivity contribution in [3.8, 4) is 28.7 Å². The van der Waals surface area contributed by atoms with Gasteiger partial charge in [-0.1, -0.05) is 6.42 Å². The van der Waals surface area contributed by atoms with Crippen molar-refractivity contribution in [2.75, 3.05) is 56.8 Å². The molecule has 4 aromatic heterocycles. The number of H-pyrrole nitrogens is 1. The molecule has 1 aliphatic carbocycles. The molecule has 0 amide bonds. The minimum Gasteiger partial charge on any atom is -0.481 e. The van der Waals surface area contributed by atoms with Gasteiger partial charge < -0.3 is 29.4 Å². The second kappa shape index (κ2) is 15.3. The molecule has 4 aromatic rings. The van der Waals surface area contributed by atoms with Crippen LogP contribution in [0.3, 0.4) is 0 Å². The maximum Gasteiger partial charge on any atom is 0.433 e. The van der Waals surface area contributed by atoms with Crippen molar-refractivity contribution < 1.29 is 32.5 Å². The highest BCUT2D eigenvalue weighted by Crippen LogP contribution is 2.43. The summed E-state index contributed by atoms with van der Waals surface area (Å²) in [5.41, 5.74) is 1.45. The number of nitrogens with one attached hydrogen (secondary N) is 1. The Hall–Kier alpha value is -3.95. The largest absolute Gasteiger partial charge is 0.481 e. The third-order valence-electron chi connectivity index (χ3n) is 9.02. The first-order valence-electron chi connectivity index (χ1n) is 15.6. The van der Waals surface area contributed by atoms with Crippen molar-refractivity contribution in [2.24, 2.45) is 11.3 Å². The summed E-state index contributed by atoms with van der Waals surface area (Å²) in [6.45, 7) is 4.22. The number of alkyl halides is 3. The quantitative estimate of drug-likeness (QED) is 0.180. The fourth-order valence-corrected chi connectivity index (χ4v) is 6.44. The zero-order valence-electron chi connectivity index (χ0n) is 27.3. The first-order valence-corrected chi connectivity index (χ1v) is 15.6. The van der Waals surface area contributed by atoms with Crippen LogP contribution in [0.15, 0.2) is 30.6 Å². The van der Waals surface area contributed by atoms with E-state index in [1.807, 2.05) is 11.9 Å². The maximum absolute atomic E-state index is 13.8. The molecule has 5 heterocycles. The second-order valence-corrected chi connectivity index (χ2v) is 12.3. The molecule has 1 aliphatic heterocycles. The molecule has 2 N–H and O–H groups in total. The minimum atomic E-state index is -4.68. The molecule has 49 heavy (non-hydrogen) atoms. The van der Waals surface area contributed by atoms with Crippen molar-refractivity contribution in [1.82, 2.24) is 29.9 Å². The van der Waals surface area contributed by atoms with Gasteiger partial charge in [0, 0.05) is 50.8 Å². The van der Waals surface area contributed by atoms with Crippen LogP contribution in [0.1, 0.15) is 44.7 Å². The fourth-order valence-electron chi connectivity index (χ4n) is 6.44. The summed E-state index contributed by atoms with van der Waals surface area (Å²) in [6.07, 6.45) is 2.73. The molecule has 2 fully saturated rings. The molecule has 2 aliphatic rings. The van der Waals surface area contributed by atoms with Crippen molar-refractivity contribution in [3.63, 3.8) is 0 Å². The number of carbonyl (C=O) groups is 1. The van der Waals surface area contributed by atoms with E-state index in [-0.39, 0.29) is 59.9 Å². The SMILES string of the molecule is CCOc1cc(-c2cc(N(C)CC3(COC)CCC3)c3[nH]c(-c4cnc(N5CCC(C(=O)O)CC5)cn4)nc3n2)cc(C(F)(F)F)n1.Cl.Cl. The number of methoxy groups -OCH3 is 1. The summed E-state index contributed by atoms with van der Waals surface area (Å²) in [6, 6.07) is 4.17. The average molecular weight is 728 g/mol. The Morgan fingerprint density at radius 3 is 2.39 bits per heavy atom. The van der Waals surface area contributed by atoms with Crippen LogP contribution in [0, 0.1) is 11.3 Å². The lowest BCUT2D eigenvalue weighted by Crippen LogP contribution is -2.44. The number of aromatic nitrogens is 6. The molecule has 0 unspecified atom stereocenters. The summed E-state index contributed by atoms with van der Waals surface area (Å²) in [5.74, 6) is -0.238. The summed E-state index contributed by atoms with van der Waals surface area (Å²) in [4.78, 5) is 41.0. The van der Waals surface area contributed by atoms with Gasteiger partial charge in [-0.05, 0) is 44.7 Å². The van der Waals surface area contributed by atoms with Crippen LogP contribution >= 0.6 is 24.8 Å². The van der Waals surface area contributed by atoms with Gasteiger partial charge in [0.05, 0.1) is 42.9 Å². The number of anilines is 2. The van der Waals surface area contributed by atoms with Crippen LogP contribution in [0.5, 0.6) is 5.88 Å². The van der Waals surface area contributed by atoms with Gasteiger partial charge in [-0.25, -0.2) is 24.9 Å². The van der Waals surface area contributed by atoms with Crippen LogP contribution in [0.4, 0.5) is 24.7 Å². The Labute approximate surface area is 293 Å². The molecule has 6 rings (SSSR count). The first-order chi connectivity index (χ1) is 22.5. The smallest absolute Gasteiger partial charge is 0.433 e. The molecule has 12 nitrogen and oxygen atoms in total. The summed E-state index contributed by atoms with van der Waals surface area (Å²) >= 11 is 0. The zero-order valence-corrected chi connectivity index (χ0v) is 28.9. The molecule has 266 valence electrons. The van der Waals surface area contributed by atoms with Crippen molar-refractivity contribution in [1.29, 1.82) is 0 Å². The van der Waals surface area contributed by atoms with Gasteiger partial charge in [0.2, 0.25) is 5.88 Å². The lowest BCUT2D eigenvalue weighted by atomic mass is 9.69. The molecule has 0 aromatic carbocycles. The highest BCUT2D eigenvalue weighted by atomic mass is 35.5. The number of aromatic amines is 1. The Balaban J connectivity index is 0.00000270. The van der Waals surface area contributed by atoms with Crippen molar-refractivity contribution in [2.45, 2.75) is 45.2 Å². The van der Waals surface area contributed by atoms with Crippen LogP contribution in [-0.4, -0.2) is 88.0 Å². The number of fused-ring (bicyclic) bond motifs is 1. The van der Waals surface area contributed by atoms with Crippen LogP contribution in [-0.2, 0) is 15.7 Å². The first kappa shape index (κ1) is 37.9. The van der Waals surface area contributed by atoms with Crippen LogP contribution in [0.25, 0.3) is 33.9 Å². The van der Waals surface area contributed by atoms with Gasteiger partial charge in [-0.2, -0.15) is 13.2 Å². The Morgan fingerprint density at radius 1 is 1.08 bits per heavy atom. The molecule has 0 atom stereocenters. The lowest BCUT2D eigenvalue weighted by molar-refractivity contribution is -0.142. The number of hydrogen-bond acceptors (Lipinski definition) is 10. The number of piperidine rings is 1. The normalized spacial score (nSPS) is 16.0. The van der Waals surface area contributed by atoms with Crippen LogP contribution in [0.2, 0.25) is 0 Å². The number of imidazole rings is 1. The molecule has 1 saturated carbocycles. The van der Waals surface area contributed by atoms with E-state index in [0.717, 1.165) is 25.3 Å². The fraction of sp³-hybridized carbons (Fsp3) is 0.500. The van der Waals surface area contributed by atoms with Crippen molar-refractivity contribution >= 4 is 53.5 Å². The lowest BCUT2D eigenvalue weighted by Gasteiger charge is -2.44. The predicted molar refractivity (Wildman–Crippen MR) is 183 cm³/mol. The average Bonchev–Trinajstić information content (AvgIpc) is 3.47. The van der Waals surface area contributed by atoms with Crippen molar-refractivity contribution in [3.05, 3.63) is 36.3 Å². The third kappa shape index (κ3) is 8.10. The van der Waals surface area contributed by atoms with Gasteiger partial charge in [-0.3, -0.25) is 4.79 Å². The van der Waals surface area contributed by atoms with Gasteiger partial charge in [0.25, 0.3) is 0 Å². The molecular weight excluding hydrogens is 688 g/mol. The number of rotatable bonds is 11. The van der Waals surface area contributed by atoms with E-state index >= 15 is 0 Å². The van der Waals surface area contributed by atoms with E-state index in [2.05, 4.69) is 29.8 Å². The third-order valence-corrected chi connectivity index (χ3v) is 9.02. The van der Waals surface area contributed by atoms with E-state index in [1.165, 1.54) is 6.07 Å². The summed E-state index contributed by atoms with van der Waals surface area (Å²) in [5, 5.41) is 9.30. The molecule has 0 radical (unpaired) electrons. The number of aliphatic carboxylic acids is 1. The monoisotopic (exact) mass is 726 g/mol. The van der Waals surface area contributed by atoms with E-state index in [1.54, 1.807) is 32.5 Å². The molecule has 1 saturated heterocycles. The molecule has 17 heteroatoms. The zero-order chi connectivity index (χ0) is 33.3. The van der Waals surface area contributed by atoms with Gasteiger partial charge in [0.1, 0.15) is 22.7 Å². The topological polar surface area (TPSA) is 142 Å². The molecular formula is C32H39Cl2F3N8O4. The number of carboxylic acid groups (broad SMARTS) is 1. The Bertz CT molecular complexity index is 1750. The van der Waals surface area contributed by atoms with Crippen LogP contribution < -0.4 is 14.5 Å². The summed E-state index contributed by atoms with van der Waals surface area (Å²) in [7, 11) is 3.63. The number of ether oxygens (including phenoxy) is 2. The highest BCUT2D eigenvalue weighted by molar-refractivity contribution is 5.91. The molecule has 0 bridgehead atoms. The number of carboxylic acids is 1. The highest BCUT2D eigenvalue weighted by Gasteiger charge is 2.39. The number of pyridine rings is 2. The number of halogens is 5.